The summed E-state index contributed by atoms with van der Waals surface area (Å²) in [6.45, 7) is 3.08. The fourth-order valence-corrected chi connectivity index (χ4v) is 2.76. The summed E-state index contributed by atoms with van der Waals surface area (Å²) in [5.74, 6) is 1.70. The third kappa shape index (κ3) is 6.13. The molecule has 2 aromatic carbocycles. The van der Waals surface area contributed by atoms with E-state index in [4.69, 9.17) is 18.9 Å². The highest BCUT2D eigenvalue weighted by atomic mass is 16.5. The summed E-state index contributed by atoms with van der Waals surface area (Å²) in [5, 5.41) is 13.5. The molecule has 0 fully saturated rings. The number of hydrogen-bond donors (Lipinski definition) is 2. The van der Waals surface area contributed by atoms with E-state index in [1.54, 1.807) is 21.3 Å². The van der Waals surface area contributed by atoms with Crippen LogP contribution >= 0.6 is 0 Å². The average Bonchev–Trinajstić information content (AvgIpc) is 2.71. The minimum absolute atomic E-state index is 0.163. The number of rotatable bonds is 11. The van der Waals surface area contributed by atoms with Gasteiger partial charge in [-0.3, -0.25) is 0 Å². The van der Waals surface area contributed by atoms with Crippen molar-refractivity contribution in [3.8, 4) is 17.2 Å². The van der Waals surface area contributed by atoms with Gasteiger partial charge in [0.05, 0.1) is 40.6 Å². The number of aliphatic hydroxyl groups is 1. The van der Waals surface area contributed by atoms with Crippen LogP contribution in [0, 0.1) is 0 Å². The minimum Gasteiger partial charge on any atom is -0.493 e. The van der Waals surface area contributed by atoms with Gasteiger partial charge in [0, 0.05) is 12.6 Å². The van der Waals surface area contributed by atoms with Crippen molar-refractivity contribution in [2.45, 2.75) is 25.7 Å². The molecule has 0 radical (unpaired) electrons. The van der Waals surface area contributed by atoms with E-state index < -0.39 is 6.10 Å². The summed E-state index contributed by atoms with van der Waals surface area (Å²) in [7, 11) is 4.72. The van der Waals surface area contributed by atoms with Crippen LogP contribution in [0.3, 0.4) is 0 Å². The predicted molar refractivity (Wildman–Crippen MR) is 105 cm³/mol. The van der Waals surface area contributed by atoms with E-state index in [1.165, 1.54) is 5.56 Å². The zero-order valence-electron chi connectivity index (χ0n) is 16.4. The Kier molecular flexibility index (Phi) is 8.39. The molecule has 0 bridgehead atoms. The van der Waals surface area contributed by atoms with Gasteiger partial charge in [-0.15, -0.1) is 0 Å². The Labute approximate surface area is 161 Å². The number of benzene rings is 2. The van der Waals surface area contributed by atoms with E-state index in [2.05, 4.69) is 24.4 Å². The summed E-state index contributed by atoms with van der Waals surface area (Å²) < 4.78 is 21.6. The van der Waals surface area contributed by atoms with Crippen LogP contribution in [-0.2, 0) is 11.3 Å². The van der Waals surface area contributed by atoms with Crippen molar-refractivity contribution in [2.24, 2.45) is 0 Å². The highest BCUT2D eigenvalue weighted by molar-refractivity contribution is 5.53. The maximum atomic E-state index is 10.1. The van der Waals surface area contributed by atoms with Crippen LogP contribution in [0.15, 0.2) is 42.5 Å². The molecule has 2 aromatic rings. The van der Waals surface area contributed by atoms with E-state index in [0.717, 1.165) is 5.56 Å². The van der Waals surface area contributed by atoms with E-state index in [1.807, 2.05) is 30.3 Å². The van der Waals surface area contributed by atoms with Crippen LogP contribution in [0.25, 0.3) is 0 Å². The van der Waals surface area contributed by atoms with Gasteiger partial charge < -0.3 is 29.4 Å². The minimum atomic E-state index is -0.599. The smallest absolute Gasteiger partial charge is 0.203 e. The molecule has 2 N–H and O–H groups in total. The van der Waals surface area contributed by atoms with Gasteiger partial charge in [-0.25, -0.2) is 0 Å². The van der Waals surface area contributed by atoms with Gasteiger partial charge in [0.25, 0.3) is 0 Å². The Bertz CT molecular complexity index is 667. The van der Waals surface area contributed by atoms with Crippen molar-refractivity contribution >= 4 is 0 Å². The number of methoxy groups -OCH3 is 3. The Morgan fingerprint density at radius 2 is 1.59 bits per heavy atom. The third-order valence-corrected chi connectivity index (χ3v) is 4.26. The molecular weight excluding hydrogens is 346 g/mol. The van der Waals surface area contributed by atoms with Crippen LogP contribution in [0.4, 0.5) is 0 Å². The lowest BCUT2D eigenvalue weighted by Gasteiger charge is -2.18. The molecule has 148 valence electrons. The first-order valence-corrected chi connectivity index (χ1v) is 8.92. The molecule has 0 saturated heterocycles. The second-order valence-corrected chi connectivity index (χ2v) is 6.24. The Morgan fingerprint density at radius 1 is 0.963 bits per heavy atom. The molecule has 0 heterocycles. The van der Waals surface area contributed by atoms with E-state index >= 15 is 0 Å². The number of nitrogens with one attached hydrogen (secondary N) is 1. The molecule has 2 atom stereocenters. The molecule has 27 heavy (non-hydrogen) atoms. The van der Waals surface area contributed by atoms with E-state index in [-0.39, 0.29) is 12.6 Å². The van der Waals surface area contributed by atoms with Gasteiger partial charge in [0.1, 0.15) is 0 Å². The Balaban J connectivity index is 1.81. The lowest BCUT2D eigenvalue weighted by Crippen LogP contribution is -2.32. The lowest BCUT2D eigenvalue weighted by molar-refractivity contribution is 0.0277. The second-order valence-electron chi connectivity index (χ2n) is 6.24. The monoisotopic (exact) mass is 375 g/mol. The topological polar surface area (TPSA) is 69.2 Å². The van der Waals surface area contributed by atoms with Gasteiger partial charge in [0.2, 0.25) is 5.75 Å². The van der Waals surface area contributed by atoms with Gasteiger partial charge in [0.15, 0.2) is 11.5 Å². The van der Waals surface area contributed by atoms with Gasteiger partial charge in [-0.2, -0.15) is 0 Å². The van der Waals surface area contributed by atoms with Crippen molar-refractivity contribution < 1.29 is 24.1 Å². The molecule has 0 saturated carbocycles. The zero-order valence-corrected chi connectivity index (χ0v) is 16.4. The molecule has 0 unspecified atom stereocenters. The van der Waals surface area contributed by atoms with Crippen molar-refractivity contribution in [3.63, 3.8) is 0 Å². The molecular formula is C21H29NO5. The van der Waals surface area contributed by atoms with Gasteiger partial charge in [-0.05, 0) is 30.2 Å². The zero-order chi connectivity index (χ0) is 19.6. The molecule has 0 spiro atoms. The molecule has 0 aromatic heterocycles. The molecule has 2 rings (SSSR count). The first-order chi connectivity index (χ1) is 13.1. The van der Waals surface area contributed by atoms with Crippen LogP contribution in [0.1, 0.15) is 24.1 Å². The lowest BCUT2D eigenvalue weighted by atomic mass is 10.1. The fraction of sp³-hybridized carbons (Fsp3) is 0.429. The first kappa shape index (κ1) is 21.0. The SMILES string of the molecule is COc1cc(COC[C@H](O)CN[C@H](C)c2ccccc2)cc(OC)c1OC. The summed E-state index contributed by atoms with van der Waals surface area (Å²) in [6, 6.07) is 14.0. The van der Waals surface area contributed by atoms with Crippen LogP contribution in [-0.4, -0.2) is 45.7 Å². The summed E-state index contributed by atoms with van der Waals surface area (Å²) in [6.07, 6.45) is -0.599. The highest BCUT2D eigenvalue weighted by Gasteiger charge is 2.14. The Hall–Kier alpha value is -2.28. The van der Waals surface area contributed by atoms with E-state index in [0.29, 0.717) is 30.4 Å². The largest absolute Gasteiger partial charge is 0.493 e. The molecule has 6 nitrogen and oxygen atoms in total. The van der Waals surface area contributed by atoms with Crippen molar-refractivity contribution in [1.82, 2.24) is 5.32 Å². The molecule has 6 heteroatoms. The number of ether oxygens (including phenoxy) is 4. The van der Waals surface area contributed by atoms with Crippen molar-refractivity contribution in [3.05, 3.63) is 53.6 Å². The van der Waals surface area contributed by atoms with Crippen LogP contribution in [0.5, 0.6) is 17.2 Å². The van der Waals surface area contributed by atoms with Gasteiger partial charge >= 0.3 is 0 Å². The van der Waals surface area contributed by atoms with Crippen LogP contribution in [0.2, 0.25) is 0 Å². The normalized spacial score (nSPS) is 13.1. The molecule has 0 aliphatic carbocycles. The summed E-state index contributed by atoms with van der Waals surface area (Å²) in [5.41, 5.74) is 2.06. The molecule has 0 aliphatic rings. The van der Waals surface area contributed by atoms with E-state index in [9.17, 15) is 5.11 Å². The average molecular weight is 375 g/mol. The Morgan fingerprint density at radius 3 is 2.15 bits per heavy atom. The molecule has 0 amide bonds. The maximum absolute atomic E-state index is 10.1. The second kappa shape index (κ2) is 10.8. The fourth-order valence-electron chi connectivity index (χ4n) is 2.76. The summed E-state index contributed by atoms with van der Waals surface area (Å²) in [4.78, 5) is 0. The number of aliphatic hydroxyl groups excluding tert-OH is 1. The van der Waals surface area contributed by atoms with Crippen molar-refractivity contribution in [1.29, 1.82) is 0 Å². The van der Waals surface area contributed by atoms with Crippen LogP contribution < -0.4 is 19.5 Å². The maximum Gasteiger partial charge on any atom is 0.203 e. The highest BCUT2D eigenvalue weighted by Crippen LogP contribution is 2.38. The summed E-state index contributed by atoms with van der Waals surface area (Å²) >= 11 is 0. The van der Waals surface area contributed by atoms with Crippen molar-refractivity contribution in [2.75, 3.05) is 34.5 Å². The predicted octanol–water partition coefficient (Wildman–Crippen LogP) is 2.94. The standard InChI is InChI=1S/C21H29NO5/c1-15(17-8-6-5-7-9-17)22-12-18(23)14-27-13-16-10-19(24-2)21(26-4)20(11-16)25-3/h5-11,15,18,22-23H,12-14H2,1-4H3/t15-,18-/m1/s1. The quantitative estimate of drug-likeness (QED) is 0.629. The molecule has 0 aliphatic heterocycles. The number of hydrogen-bond acceptors (Lipinski definition) is 6. The third-order valence-electron chi connectivity index (χ3n) is 4.26. The van der Waals surface area contributed by atoms with Gasteiger partial charge in [-0.1, -0.05) is 30.3 Å². The first-order valence-electron chi connectivity index (χ1n) is 8.92.